The van der Waals surface area contributed by atoms with Crippen LogP contribution >= 0.6 is 0 Å². The van der Waals surface area contributed by atoms with Crippen LogP contribution < -0.4 is 4.74 Å². The second kappa shape index (κ2) is 6.03. The summed E-state index contributed by atoms with van der Waals surface area (Å²) >= 11 is 0. The molecule has 0 spiro atoms. The lowest BCUT2D eigenvalue weighted by atomic mass is 9.87. The molecule has 1 aliphatic rings. The number of carboxylic acid groups (broad SMARTS) is 1. The van der Waals surface area contributed by atoms with Crippen LogP contribution in [0.15, 0.2) is 18.2 Å². The third-order valence-corrected chi connectivity index (χ3v) is 4.43. The number of ether oxygens (including phenoxy) is 1. The van der Waals surface area contributed by atoms with Crippen LogP contribution in [0.4, 0.5) is 0 Å². The fourth-order valence-electron chi connectivity index (χ4n) is 2.88. The summed E-state index contributed by atoms with van der Waals surface area (Å²) in [6.07, 6.45) is 0. The predicted molar refractivity (Wildman–Crippen MR) is 81.8 cm³/mol. The maximum atomic E-state index is 12.1. The van der Waals surface area contributed by atoms with Gasteiger partial charge in [-0.05, 0) is 33.0 Å². The Labute approximate surface area is 126 Å². The molecule has 1 heterocycles. The molecule has 0 amide bonds. The van der Waals surface area contributed by atoms with Crippen molar-refractivity contribution in [2.24, 2.45) is 0 Å². The van der Waals surface area contributed by atoms with E-state index in [1.165, 1.54) is 0 Å². The molecule has 1 aliphatic heterocycles. The number of methoxy groups -OCH3 is 1. The molecule has 21 heavy (non-hydrogen) atoms. The van der Waals surface area contributed by atoms with Gasteiger partial charge in [0.2, 0.25) is 0 Å². The van der Waals surface area contributed by atoms with Crippen LogP contribution in [0.2, 0.25) is 0 Å². The number of carbonyl (C=O) groups is 1. The fourth-order valence-corrected chi connectivity index (χ4v) is 2.88. The van der Waals surface area contributed by atoms with Crippen LogP contribution in [-0.4, -0.2) is 61.2 Å². The van der Waals surface area contributed by atoms with Crippen molar-refractivity contribution in [3.8, 4) is 5.75 Å². The van der Waals surface area contributed by atoms with Crippen LogP contribution in [0.5, 0.6) is 5.75 Å². The number of rotatable bonds is 4. The minimum Gasteiger partial charge on any atom is -0.496 e. The van der Waals surface area contributed by atoms with E-state index in [0.717, 1.165) is 37.3 Å². The van der Waals surface area contributed by atoms with Gasteiger partial charge in [-0.15, -0.1) is 0 Å². The number of aryl methyl sites for hydroxylation is 1. The fraction of sp³-hybridized carbons (Fsp3) is 0.562. The first-order chi connectivity index (χ1) is 9.89. The first-order valence-corrected chi connectivity index (χ1v) is 7.21. The lowest BCUT2D eigenvalue weighted by Gasteiger charge is -2.43. The Morgan fingerprint density at radius 3 is 2.43 bits per heavy atom. The summed E-state index contributed by atoms with van der Waals surface area (Å²) in [5.74, 6) is -0.208. The summed E-state index contributed by atoms with van der Waals surface area (Å²) in [5.41, 5.74) is 0.688. The molecule has 1 N–H and O–H groups in total. The highest BCUT2D eigenvalue weighted by Crippen LogP contribution is 2.36. The molecular weight excluding hydrogens is 268 g/mol. The van der Waals surface area contributed by atoms with Gasteiger partial charge in [0.1, 0.15) is 11.3 Å². The minimum atomic E-state index is -1.07. The van der Waals surface area contributed by atoms with E-state index < -0.39 is 11.5 Å². The largest absolute Gasteiger partial charge is 0.496 e. The highest BCUT2D eigenvalue weighted by molar-refractivity contribution is 5.81. The summed E-state index contributed by atoms with van der Waals surface area (Å²) in [6.45, 7) is 6.95. The van der Waals surface area contributed by atoms with E-state index in [4.69, 9.17) is 4.74 Å². The first-order valence-electron chi connectivity index (χ1n) is 7.21. The Hall–Kier alpha value is -1.59. The molecule has 5 nitrogen and oxygen atoms in total. The zero-order chi connectivity index (χ0) is 15.6. The van der Waals surface area contributed by atoms with Crippen LogP contribution in [0, 0.1) is 6.92 Å². The molecule has 0 aromatic heterocycles. The number of benzene rings is 1. The maximum Gasteiger partial charge on any atom is 0.328 e. The number of carboxylic acids is 1. The zero-order valence-corrected chi connectivity index (χ0v) is 13.2. The molecular formula is C16H24N2O3. The van der Waals surface area contributed by atoms with E-state index in [-0.39, 0.29) is 0 Å². The second-order valence-corrected chi connectivity index (χ2v) is 5.87. The Bertz CT molecular complexity index is 524. The SMILES string of the molecule is COc1ccc(C)cc1C(C)(C(=O)O)N1CCN(C)CC1. The summed E-state index contributed by atoms with van der Waals surface area (Å²) < 4.78 is 5.41. The Morgan fingerprint density at radius 2 is 1.90 bits per heavy atom. The topological polar surface area (TPSA) is 53.0 Å². The lowest BCUT2D eigenvalue weighted by Crippen LogP contribution is -2.57. The van der Waals surface area contributed by atoms with Crippen LogP contribution in [0.3, 0.4) is 0 Å². The highest BCUT2D eigenvalue weighted by atomic mass is 16.5. The Balaban J connectivity index is 2.47. The summed E-state index contributed by atoms with van der Waals surface area (Å²) in [5, 5.41) is 9.90. The molecule has 1 unspecified atom stereocenters. The molecule has 1 atom stereocenters. The van der Waals surface area contributed by atoms with Gasteiger partial charge in [-0.1, -0.05) is 11.6 Å². The van der Waals surface area contributed by atoms with Crippen molar-refractivity contribution in [2.45, 2.75) is 19.4 Å². The van der Waals surface area contributed by atoms with E-state index in [9.17, 15) is 9.90 Å². The summed E-state index contributed by atoms with van der Waals surface area (Å²) in [6, 6.07) is 5.71. The lowest BCUT2D eigenvalue weighted by molar-refractivity contribution is -0.152. The van der Waals surface area contributed by atoms with Crippen molar-refractivity contribution in [3.63, 3.8) is 0 Å². The van der Waals surface area contributed by atoms with Gasteiger partial charge in [-0.2, -0.15) is 0 Å². The first kappa shape index (κ1) is 15.8. The number of hydrogen-bond acceptors (Lipinski definition) is 4. The van der Waals surface area contributed by atoms with Gasteiger partial charge in [-0.3, -0.25) is 4.90 Å². The minimum absolute atomic E-state index is 0.629. The smallest absolute Gasteiger partial charge is 0.328 e. The van der Waals surface area contributed by atoms with E-state index in [2.05, 4.69) is 11.9 Å². The van der Waals surface area contributed by atoms with Gasteiger partial charge in [0.15, 0.2) is 0 Å². The highest BCUT2D eigenvalue weighted by Gasteiger charge is 2.44. The molecule has 1 aromatic rings. The number of piperazine rings is 1. The number of aliphatic carboxylic acids is 1. The molecule has 0 bridgehead atoms. The maximum absolute atomic E-state index is 12.1. The monoisotopic (exact) mass is 292 g/mol. The second-order valence-electron chi connectivity index (χ2n) is 5.87. The molecule has 2 rings (SSSR count). The molecule has 0 saturated carbocycles. The quantitative estimate of drug-likeness (QED) is 0.912. The van der Waals surface area contributed by atoms with E-state index >= 15 is 0 Å². The molecule has 0 aliphatic carbocycles. The van der Waals surface area contributed by atoms with E-state index in [1.54, 1.807) is 14.0 Å². The number of hydrogen-bond donors (Lipinski definition) is 1. The van der Waals surface area contributed by atoms with Crippen LogP contribution in [0.25, 0.3) is 0 Å². The van der Waals surface area contributed by atoms with Crippen molar-refractivity contribution < 1.29 is 14.6 Å². The average molecular weight is 292 g/mol. The molecule has 116 valence electrons. The predicted octanol–water partition coefficient (Wildman–Crippen LogP) is 1.55. The third kappa shape index (κ3) is 2.89. The molecule has 1 saturated heterocycles. The normalized spacial score (nSPS) is 20.0. The van der Waals surface area contributed by atoms with Crippen molar-refractivity contribution in [1.29, 1.82) is 0 Å². The van der Waals surface area contributed by atoms with Crippen molar-refractivity contribution >= 4 is 5.97 Å². The van der Waals surface area contributed by atoms with E-state index in [0.29, 0.717) is 5.75 Å². The van der Waals surface area contributed by atoms with Gasteiger partial charge in [0, 0.05) is 31.7 Å². The molecule has 1 fully saturated rings. The van der Waals surface area contributed by atoms with Gasteiger partial charge < -0.3 is 14.7 Å². The van der Waals surface area contributed by atoms with Crippen molar-refractivity contribution in [3.05, 3.63) is 29.3 Å². The summed E-state index contributed by atoms with van der Waals surface area (Å²) in [4.78, 5) is 16.3. The van der Waals surface area contributed by atoms with Crippen LogP contribution in [0.1, 0.15) is 18.1 Å². The van der Waals surface area contributed by atoms with Gasteiger partial charge in [-0.25, -0.2) is 4.79 Å². The van der Waals surface area contributed by atoms with Gasteiger partial charge in [0.25, 0.3) is 0 Å². The standard InChI is InChI=1S/C16H24N2O3/c1-12-5-6-14(21-4)13(11-12)16(2,15(19)20)18-9-7-17(3)8-10-18/h5-6,11H,7-10H2,1-4H3,(H,19,20). The Morgan fingerprint density at radius 1 is 1.29 bits per heavy atom. The molecule has 0 radical (unpaired) electrons. The van der Waals surface area contributed by atoms with Crippen LogP contribution in [-0.2, 0) is 10.3 Å². The third-order valence-electron chi connectivity index (χ3n) is 4.43. The van der Waals surface area contributed by atoms with E-state index in [1.807, 2.05) is 30.0 Å². The molecule has 1 aromatic carbocycles. The van der Waals surface area contributed by atoms with Crippen molar-refractivity contribution in [1.82, 2.24) is 9.80 Å². The number of likely N-dealkylation sites (N-methyl/N-ethyl adjacent to an activating group) is 1. The molecule has 5 heteroatoms. The zero-order valence-electron chi connectivity index (χ0n) is 13.2. The number of nitrogens with zero attached hydrogens (tertiary/aromatic N) is 2. The van der Waals surface area contributed by atoms with Crippen molar-refractivity contribution in [2.75, 3.05) is 40.3 Å². The van der Waals surface area contributed by atoms with Gasteiger partial charge in [0.05, 0.1) is 7.11 Å². The summed E-state index contributed by atoms with van der Waals surface area (Å²) in [7, 11) is 3.64. The average Bonchev–Trinajstić information content (AvgIpc) is 2.47. The van der Waals surface area contributed by atoms with Gasteiger partial charge >= 0.3 is 5.97 Å². The Kier molecular flexibility index (Phi) is 4.54.